The molecule has 1 aliphatic heterocycles. The third-order valence-corrected chi connectivity index (χ3v) is 6.34. The van der Waals surface area contributed by atoms with Crippen LogP contribution in [0.1, 0.15) is 12.5 Å². The third-order valence-electron chi connectivity index (χ3n) is 3.68. The highest BCUT2D eigenvalue weighted by Crippen LogP contribution is 2.17. The number of pyridine rings is 1. The molecule has 0 aliphatic carbocycles. The molecule has 8 nitrogen and oxygen atoms in total. The largest absolute Gasteiger partial charge is 0.302 e. The summed E-state index contributed by atoms with van der Waals surface area (Å²) in [6.07, 6.45) is 2.67. The van der Waals surface area contributed by atoms with Crippen LogP contribution in [0, 0.1) is 0 Å². The van der Waals surface area contributed by atoms with Gasteiger partial charge in [0.05, 0.1) is 11.8 Å². The lowest BCUT2D eigenvalue weighted by Crippen LogP contribution is -2.46. The fourth-order valence-corrected chi connectivity index (χ4v) is 4.28. The number of rotatable bonds is 5. The summed E-state index contributed by atoms with van der Waals surface area (Å²) >= 11 is 7.17. The molecule has 0 spiro atoms. The fraction of sp³-hybridized carbons (Fsp3) is 0.176. The van der Waals surface area contributed by atoms with Gasteiger partial charge < -0.3 is 5.32 Å². The normalized spacial score (nSPS) is 15.4. The molecular formula is C17H16ClN5O3S2. The number of nitrogens with one attached hydrogen (secondary N) is 2. The van der Waals surface area contributed by atoms with Gasteiger partial charge in [-0.1, -0.05) is 35.5 Å². The van der Waals surface area contributed by atoms with Crippen LogP contribution >= 0.6 is 23.4 Å². The van der Waals surface area contributed by atoms with E-state index in [4.69, 9.17) is 11.6 Å². The van der Waals surface area contributed by atoms with Crippen LogP contribution in [-0.2, 0) is 14.8 Å². The van der Waals surface area contributed by atoms with Crippen LogP contribution in [0.4, 0.5) is 0 Å². The molecule has 1 aliphatic rings. The van der Waals surface area contributed by atoms with Gasteiger partial charge in [0.25, 0.3) is 0 Å². The van der Waals surface area contributed by atoms with Gasteiger partial charge in [0.2, 0.25) is 15.9 Å². The van der Waals surface area contributed by atoms with Crippen molar-refractivity contribution in [2.24, 2.45) is 10.2 Å². The highest BCUT2D eigenvalue weighted by atomic mass is 35.5. The fourth-order valence-electron chi connectivity index (χ4n) is 2.22. The molecule has 0 bridgehead atoms. The average molecular weight is 438 g/mol. The first-order valence-corrected chi connectivity index (χ1v) is 11.0. The van der Waals surface area contributed by atoms with Crippen molar-refractivity contribution < 1.29 is 13.2 Å². The zero-order valence-corrected chi connectivity index (χ0v) is 17.1. The van der Waals surface area contributed by atoms with Gasteiger partial charge in [0, 0.05) is 23.2 Å². The molecule has 0 saturated carbocycles. The van der Waals surface area contributed by atoms with E-state index in [1.165, 1.54) is 43.2 Å². The molecule has 28 heavy (non-hydrogen) atoms. The molecule has 2 heterocycles. The summed E-state index contributed by atoms with van der Waals surface area (Å²) < 4.78 is 26.8. The number of hydrogen-bond acceptors (Lipinski definition) is 7. The number of thioether (sulfide) groups is 1. The number of carbonyl (C=O) groups excluding carboxylic acids is 1. The Morgan fingerprint density at radius 3 is 2.57 bits per heavy atom. The number of amidine groups is 1. The van der Waals surface area contributed by atoms with Crippen molar-refractivity contribution in [3.05, 3.63) is 59.4 Å². The van der Waals surface area contributed by atoms with Crippen molar-refractivity contribution >= 4 is 50.2 Å². The molecule has 1 aromatic carbocycles. The van der Waals surface area contributed by atoms with Crippen LogP contribution in [0.25, 0.3) is 0 Å². The second-order valence-electron chi connectivity index (χ2n) is 5.77. The molecule has 1 amide bonds. The standard InChI is InChI=1S/C17H16ClN5O3S2/c1-11(23-28(25,26)14-3-2-8-19-9-14)16(24)20-17-22-21-15(10-27-17)12-4-6-13(18)7-5-12/h2-9,11,23H,10H2,1H3,(H,20,22,24)/t11-/m0/s1. The van der Waals surface area contributed by atoms with Gasteiger partial charge in [0.1, 0.15) is 4.90 Å². The summed E-state index contributed by atoms with van der Waals surface area (Å²) in [5.41, 5.74) is 1.65. The van der Waals surface area contributed by atoms with Crippen LogP contribution in [0.3, 0.4) is 0 Å². The Hall–Kier alpha value is -2.27. The molecule has 2 N–H and O–H groups in total. The van der Waals surface area contributed by atoms with Crippen molar-refractivity contribution in [2.45, 2.75) is 17.9 Å². The van der Waals surface area contributed by atoms with E-state index in [9.17, 15) is 13.2 Å². The maximum atomic E-state index is 12.3. The molecular weight excluding hydrogens is 422 g/mol. The monoisotopic (exact) mass is 437 g/mol. The van der Waals surface area contributed by atoms with E-state index in [0.717, 1.165) is 11.3 Å². The minimum atomic E-state index is -3.85. The Morgan fingerprint density at radius 2 is 1.96 bits per heavy atom. The van der Waals surface area contributed by atoms with Crippen LogP contribution in [0.2, 0.25) is 5.02 Å². The summed E-state index contributed by atoms with van der Waals surface area (Å²) in [5, 5.41) is 11.6. The van der Waals surface area contributed by atoms with E-state index in [1.54, 1.807) is 12.1 Å². The predicted molar refractivity (Wildman–Crippen MR) is 110 cm³/mol. The number of halogens is 1. The molecule has 3 rings (SSSR count). The first-order valence-electron chi connectivity index (χ1n) is 8.11. The van der Waals surface area contributed by atoms with Crippen molar-refractivity contribution in [3.63, 3.8) is 0 Å². The second-order valence-corrected chi connectivity index (χ2v) is 8.88. The summed E-state index contributed by atoms with van der Waals surface area (Å²) in [5.74, 6) is -0.0276. The minimum Gasteiger partial charge on any atom is -0.302 e. The topological polar surface area (TPSA) is 113 Å². The first kappa shape index (κ1) is 20.5. The number of nitrogens with zero attached hydrogens (tertiary/aromatic N) is 3. The summed E-state index contributed by atoms with van der Waals surface area (Å²) in [6, 6.07) is 9.11. The Kier molecular flexibility index (Phi) is 6.45. The Bertz CT molecular complexity index is 1020. The van der Waals surface area contributed by atoms with Gasteiger partial charge in [-0.25, -0.2) is 8.42 Å². The van der Waals surface area contributed by atoms with Gasteiger partial charge in [-0.3, -0.25) is 9.78 Å². The lowest BCUT2D eigenvalue weighted by Gasteiger charge is -2.16. The molecule has 1 aromatic heterocycles. The summed E-state index contributed by atoms with van der Waals surface area (Å²) in [4.78, 5) is 16.1. The second kappa shape index (κ2) is 8.82. The highest BCUT2D eigenvalue weighted by molar-refractivity contribution is 8.14. The summed E-state index contributed by atoms with van der Waals surface area (Å²) in [6.45, 7) is 1.44. The SMILES string of the molecule is C[C@H](NS(=O)(=O)c1cccnc1)C(=O)NC1=NN=C(c2ccc(Cl)cc2)CS1. The van der Waals surface area contributed by atoms with Gasteiger partial charge in [-0.15, -0.1) is 5.10 Å². The third kappa shape index (κ3) is 5.16. The summed E-state index contributed by atoms with van der Waals surface area (Å²) in [7, 11) is -3.85. The van der Waals surface area contributed by atoms with Gasteiger partial charge in [-0.05, 0) is 36.8 Å². The first-order chi connectivity index (χ1) is 13.3. The van der Waals surface area contributed by atoms with E-state index < -0.39 is 22.0 Å². The van der Waals surface area contributed by atoms with E-state index >= 15 is 0 Å². The van der Waals surface area contributed by atoms with Crippen LogP contribution < -0.4 is 10.0 Å². The molecule has 0 fully saturated rings. The molecule has 0 unspecified atom stereocenters. The number of sulfonamides is 1. The predicted octanol–water partition coefficient (Wildman–Crippen LogP) is 2.03. The lowest BCUT2D eigenvalue weighted by molar-refractivity contribution is -0.120. The highest BCUT2D eigenvalue weighted by Gasteiger charge is 2.24. The van der Waals surface area contributed by atoms with E-state index in [-0.39, 0.29) is 4.90 Å². The van der Waals surface area contributed by atoms with Crippen molar-refractivity contribution in [1.82, 2.24) is 15.0 Å². The van der Waals surface area contributed by atoms with Gasteiger partial charge in [0.15, 0.2) is 5.17 Å². The van der Waals surface area contributed by atoms with Crippen LogP contribution in [-0.4, -0.2) is 42.0 Å². The Labute approximate surface area is 171 Å². The maximum absolute atomic E-state index is 12.3. The van der Waals surface area contributed by atoms with Crippen LogP contribution in [0.5, 0.6) is 0 Å². The van der Waals surface area contributed by atoms with Crippen LogP contribution in [0.15, 0.2) is 63.9 Å². The van der Waals surface area contributed by atoms with Gasteiger partial charge >= 0.3 is 0 Å². The molecule has 0 saturated heterocycles. The maximum Gasteiger partial charge on any atom is 0.243 e. The number of aromatic nitrogens is 1. The van der Waals surface area contributed by atoms with E-state index in [1.807, 2.05) is 12.1 Å². The van der Waals surface area contributed by atoms with E-state index in [0.29, 0.717) is 15.9 Å². The lowest BCUT2D eigenvalue weighted by atomic mass is 10.1. The van der Waals surface area contributed by atoms with Crippen molar-refractivity contribution in [2.75, 3.05) is 5.75 Å². The number of amides is 1. The Balaban J connectivity index is 1.62. The van der Waals surface area contributed by atoms with Crippen molar-refractivity contribution in [3.8, 4) is 0 Å². The zero-order valence-electron chi connectivity index (χ0n) is 14.7. The van der Waals surface area contributed by atoms with Gasteiger partial charge in [-0.2, -0.15) is 9.82 Å². The molecule has 146 valence electrons. The minimum absolute atomic E-state index is 0.0174. The van der Waals surface area contributed by atoms with Crippen molar-refractivity contribution in [1.29, 1.82) is 0 Å². The quantitative estimate of drug-likeness (QED) is 0.743. The molecule has 11 heteroatoms. The molecule has 0 radical (unpaired) electrons. The average Bonchev–Trinajstić information content (AvgIpc) is 2.69. The molecule has 1 atom stereocenters. The number of benzene rings is 1. The number of carbonyl (C=O) groups is 1. The smallest absolute Gasteiger partial charge is 0.243 e. The zero-order chi connectivity index (χ0) is 20.1. The number of hydrogen-bond donors (Lipinski definition) is 2. The molecule has 2 aromatic rings. The van der Waals surface area contributed by atoms with E-state index in [2.05, 4.69) is 25.2 Å². The Morgan fingerprint density at radius 1 is 1.21 bits per heavy atom.